The van der Waals surface area contributed by atoms with Crippen molar-refractivity contribution < 1.29 is 27.2 Å². The highest BCUT2D eigenvalue weighted by Crippen LogP contribution is 2.30. The SMILES string of the molecule is COc1cc(Cc2noc(-c3ncoc3C)n2)ccc1OC(F)F. The maximum Gasteiger partial charge on any atom is 0.387 e. The highest BCUT2D eigenvalue weighted by atomic mass is 19.3. The van der Waals surface area contributed by atoms with E-state index in [2.05, 4.69) is 19.9 Å². The molecule has 0 aliphatic rings. The van der Waals surface area contributed by atoms with Crippen molar-refractivity contribution in [2.24, 2.45) is 0 Å². The Morgan fingerprint density at radius 2 is 2.08 bits per heavy atom. The molecule has 0 saturated carbocycles. The lowest BCUT2D eigenvalue weighted by Gasteiger charge is -2.10. The number of hydrogen-bond acceptors (Lipinski definition) is 7. The van der Waals surface area contributed by atoms with Crippen molar-refractivity contribution in [2.45, 2.75) is 20.0 Å². The van der Waals surface area contributed by atoms with Crippen molar-refractivity contribution in [3.05, 3.63) is 41.7 Å². The summed E-state index contributed by atoms with van der Waals surface area (Å²) in [7, 11) is 1.37. The normalized spacial score (nSPS) is 11.0. The van der Waals surface area contributed by atoms with Gasteiger partial charge in [-0.3, -0.25) is 0 Å². The first-order valence-electron chi connectivity index (χ1n) is 6.91. The molecule has 2 aromatic heterocycles. The monoisotopic (exact) mass is 337 g/mol. The lowest BCUT2D eigenvalue weighted by atomic mass is 10.1. The molecule has 24 heavy (non-hydrogen) atoms. The van der Waals surface area contributed by atoms with E-state index in [4.69, 9.17) is 13.7 Å². The Balaban J connectivity index is 1.79. The number of aryl methyl sites for hydroxylation is 1. The Hall–Kier alpha value is -2.97. The first-order chi connectivity index (χ1) is 11.6. The molecule has 0 N–H and O–H groups in total. The quantitative estimate of drug-likeness (QED) is 0.683. The molecule has 0 radical (unpaired) electrons. The zero-order valence-electron chi connectivity index (χ0n) is 12.8. The zero-order valence-corrected chi connectivity index (χ0v) is 12.8. The van der Waals surface area contributed by atoms with Crippen LogP contribution in [0.1, 0.15) is 17.1 Å². The van der Waals surface area contributed by atoms with E-state index in [1.165, 1.54) is 19.6 Å². The fraction of sp³-hybridized carbons (Fsp3) is 0.267. The number of ether oxygens (including phenoxy) is 2. The van der Waals surface area contributed by atoms with Crippen LogP contribution < -0.4 is 9.47 Å². The Morgan fingerprint density at radius 1 is 1.25 bits per heavy atom. The average molecular weight is 337 g/mol. The van der Waals surface area contributed by atoms with Crippen molar-refractivity contribution in [1.29, 1.82) is 0 Å². The molecule has 0 atom stereocenters. The summed E-state index contributed by atoms with van der Waals surface area (Å²) in [4.78, 5) is 8.25. The van der Waals surface area contributed by atoms with E-state index in [0.29, 0.717) is 23.7 Å². The molecule has 0 unspecified atom stereocenters. The van der Waals surface area contributed by atoms with Crippen molar-refractivity contribution >= 4 is 0 Å². The highest BCUT2D eigenvalue weighted by Gasteiger charge is 2.16. The topological polar surface area (TPSA) is 83.4 Å². The summed E-state index contributed by atoms with van der Waals surface area (Å²) >= 11 is 0. The molecule has 0 aliphatic carbocycles. The van der Waals surface area contributed by atoms with Crippen LogP contribution >= 0.6 is 0 Å². The molecule has 126 valence electrons. The predicted molar refractivity (Wildman–Crippen MR) is 77.0 cm³/mol. The Morgan fingerprint density at radius 3 is 2.75 bits per heavy atom. The fourth-order valence-electron chi connectivity index (χ4n) is 2.13. The third kappa shape index (κ3) is 3.34. The first-order valence-corrected chi connectivity index (χ1v) is 6.91. The zero-order chi connectivity index (χ0) is 17.1. The van der Waals surface area contributed by atoms with Gasteiger partial charge in [0.15, 0.2) is 29.4 Å². The second-order valence-electron chi connectivity index (χ2n) is 4.81. The van der Waals surface area contributed by atoms with Gasteiger partial charge in [0.1, 0.15) is 5.76 Å². The fourth-order valence-corrected chi connectivity index (χ4v) is 2.13. The molecule has 0 spiro atoms. The van der Waals surface area contributed by atoms with E-state index in [1.807, 2.05) is 0 Å². The number of halogens is 2. The summed E-state index contributed by atoms with van der Waals surface area (Å²) in [6.45, 7) is -1.19. The molecule has 7 nitrogen and oxygen atoms in total. The van der Waals surface area contributed by atoms with Gasteiger partial charge in [-0.05, 0) is 24.6 Å². The summed E-state index contributed by atoms with van der Waals surface area (Å²) in [5.74, 6) is 1.39. The Bertz CT molecular complexity index is 832. The maximum atomic E-state index is 12.3. The lowest BCUT2D eigenvalue weighted by molar-refractivity contribution is -0.0512. The van der Waals surface area contributed by atoms with Crippen LogP contribution in [0.5, 0.6) is 11.5 Å². The minimum atomic E-state index is -2.92. The second kappa shape index (κ2) is 6.65. The minimum Gasteiger partial charge on any atom is -0.493 e. The van der Waals surface area contributed by atoms with Gasteiger partial charge in [-0.2, -0.15) is 13.8 Å². The molecule has 0 bridgehead atoms. The third-order valence-electron chi connectivity index (χ3n) is 3.22. The number of hydrogen-bond donors (Lipinski definition) is 0. The summed E-state index contributed by atoms with van der Waals surface area (Å²) in [5.41, 5.74) is 1.23. The number of benzene rings is 1. The lowest BCUT2D eigenvalue weighted by Crippen LogP contribution is -2.04. The Labute approximate surface area is 135 Å². The van der Waals surface area contributed by atoms with Crippen LogP contribution in [-0.4, -0.2) is 28.8 Å². The molecule has 9 heteroatoms. The molecular formula is C15H13F2N3O4. The summed E-state index contributed by atoms with van der Waals surface area (Å²) in [5, 5.41) is 3.88. The van der Waals surface area contributed by atoms with Crippen LogP contribution in [0.15, 0.2) is 33.5 Å². The van der Waals surface area contributed by atoms with E-state index >= 15 is 0 Å². The highest BCUT2D eigenvalue weighted by molar-refractivity contribution is 5.48. The number of oxazole rings is 1. The van der Waals surface area contributed by atoms with E-state index in [-0.39, 0.29) is 17.4 Å². The third-order valence-corrected chi connectivity index (χ3v) is 3.22. The number of methoxy groups -OCH3 is 1. The molecule has 3 aromatic rings. The van der Waals surface area contributed by atoms with Gasteiger partial charge in [0.05, 0.1) is 7.11 Å². The van der Waals surface area contributed by atoms with E-state index in [0.717, 1.165) is 5.56 Å². The largest absolute Gasteiger partial charge is 0.493 e. The van der Waals surface area contributed by atoms with E-state index < -0.39 is 6.61 Å². The van der Waals surface area contributed by atoms with Crippen molar-refractivity contribution in [1.82, 2.24) is 15.1 Å². The Kier molecular flexibility index (Phi) is 4.41. The van der Waals surface area contributed by atoms with Gasteiger partial charge in [-0.25, -0.2) is 4.98 Å². The first kappa shape index (κ1) is 15.9. The molecule has 0 saturated heterocycles. The molecule has 0 aliphatic heterocycles. The van der Waals surface area contributed by atoms with Gasteiger partial charge in [0.25, 0.3) is 5.89 Å². The number of aromatic nitrogens is 3. The minimum absolute atomic E-state index is 0.0386. The maximum absolute atomic E-state index is 12.3. The van der Waals surface area contributed by atoms with Gasteiger partial charge < -0.3 is 18.4 Å². The van der Waals surface area contributed by atoms with Crippen LogP contribution in [0.25, 0.3) is 11.6 Å². The van der Waals surface area contributed by atoms with E-state index in [9.17, 15) is 8.78 Å². The molecular weight excluding hydrogens is 324 g/mol. The number of rotatable bonds is 6. The molecule has 2 heterocycles. The van der Waals surface area contributed by atoms with Gasteiger partial charge in [-0.1, -0.05) is 11.2 Å². The van der Waals surface area contributed by atoms with Crippen molar-refractivity contribution in [2.75, 3.05) is 7.11 Å². The van der Waals surface area contributed by atoms with Crippen molar-refractivity contribution in [3.63, 3.8) is 0 Å². The summed E-state index contributed by atoms with van der Waals surface area (Å²) in [6.07, 6.45) is 1.62. The number of alkyl halides is 2. The predicted octanol–water partition coefficient (Wildman–Crippen LogP) is 3.23. The molecule has 0 fully saturated rings. The molecule has 0 amide bonds. The summed E-state index contributed by atoms with van der Waals surface area (Å²) < 4.78 is 44.3. The summed E-state index contributed by atoms with van der Waals surface area (Å²) in [6, 6.07) is 4.61. The van der Waals surface area contributed by atoms with E-state index in [1.54, 1.807) is 19.1 Å². The standard InChI is InChI=1S/C15H13F2N3O4/c1-8-13(18-7-22-8)14-19-12(20-24-14)6-9-3-4-10(23-15(16)17)11(5-9)21-2/h3-5,7,15H,6H2,1-2H3. The van der Waals surface area contributed by atoms with Gasteiger partial charge >= 0.3 is 6.61 Å². The molecule has 1 aromatic carbocycles. The van der Waals surface area contributed by atoms with Crippen LogP contribution in [0.4, 0.5) is 8.78 Å². The van der Waals surface area contributed by atoms with Gasteiger partial charge in [0.2, 0.25) is 0 Å². The molecule has 3 rings (SSSR count). The average Bonchev–Trinajstić information content (AvgIpc) is 3.17. The van der Waals surface area contributed by atoms with Gasteiger partial charge in [0, 0.05) is 6.42 Å². The second-order valence-corrected chi connectivity index (χ2v) is 4.81. The van der Waals surface area contributed by atoms with Crippen molar-refractivity contribution in [3.8, 4) is 23.1 Å². The number of nitrogens with zero attached hydrogens (tertiary/aromatic N) is 3. The smallest absolute Gasteiger partial charge is 0.387 e. The van der Waals surface area contributed by atoms with Gasteiger partial charge in [-0.15, -0.1) is 0 Å². The van der Waals surface area contributed by atoms with Crippen LogP contribution in [0, 0.1) is 6.92 Å². The van der Waals surface area contributed by atoms with Crippen LogP contribution in [-0.2, 0) is 6.42 Å². The van der Waals surface area contributed by atoms with Crippen LogP contribution in [0.2, 0.25) is 0 Å². The van der Waals surface area contributed by atoms with Crippen LogP contribution in [0.3, 0.4) is 0 Å².